The van der Waals surface area contributed by atoms with Crippen LogP contribution in [0.4, 0.5) is 4.39 Å². The van der Waals surface area contributed by atoms with Crippen LogP contribution in [0, 0.1) is 22.6 Å². The largest absolute Gasteiger partial charge is 0.326 e. The first kappa shape index (κ1) is 19.7. The van der Waals surface area contributed by atoms with Crippen molar-refractivity contribution in [2.75, 3.05) is 13.1 Å². The summed E-state index contributed by atoms with van der Waals surface area (Å²) >= 11 is 1.43. The van der Waals surface area contributed by atoms with Crippen LogP contribution >= 0.6 is 11.5 Å². The molecule has 2 N–H and O–H groups in total. The van der Waals surface area contributed by atoms with E-state index in [4.69, 9.17) is 11.0 Å². The molecule has 0 bridgehead atoms. The van der Waals surface area contributed by atoms with Gasteiger partial charge >= 0.3 is 0 Å². The summed E-state index contributed by atoms with van der Waals surface area (Å²) in [6.45, 7) is 6.98. The summed E-state index contributed by atoms with van der Waals surface area (Å²) in [7, 11) is 0. The number of nitriles is 1. The van der Waals surface area contributed by atoms with Crippen LogP contribution in [0.15, 0.2) is 48.7 Å². The normalized spacial score (nSPS) is 18.7. The van der Waals surface area contributed by atoms with E-state index in [0.717, 1.165) is 41.2 Å². The monoisotopic (exact) mass is 406 g/mol. The molecule has 1 fully saturated rings. The number of rotatable bonds is 4. The van der Waals surface area contributed by atoms with Crippen LogP contribution in [-0.2, 0) is 6.54 Å². The average Bonchev–Trinajstić information content (AvgIpc) is 3.29. The number of aromatic nitrogens is 1. The standard InChI is InChI=1S/C23H23FN4S/c1-23(2)14-28(13-21(23)26)12-17-4-3-5-18(22(17)20-8-9-27-29-20)15-6-7-16(11-25)19(24)10-15/h3-10,21H,12-14,26H2,1-2H3/t21-/m1/s1. The first-order valence-corrected chi connectivity index (χ1v) is 10.4. The van der Waals surface area contributed by atoms with Gasteiger partial charge in [-0.25, -0.2) is 8.76 Å². The van der Waals surface area contributed by atoms with Crippen molar-refractivity contribution in [1.29, 1.82) is 5.26 Å². The quantitative estimate of drug-likeness (QED) is 0.684. The van der Waals surface area contributed by atoms with Crippen molar-refractivity contribution in [1.82, 2.24) is 9.27 Å². The Balaban J connectivity index is 1.79. The summed E-state index contributed by atoms with van der Waals surface area (Å²) in [5.74, 6) is -0.502. The topological polar surface area (TPSA) is 65.9 Å². The number of likely N-dealkylation sites (tertiary alicyclic amines) is 1. The van der Waals surface area contributed by atoms with Crippen molar-refractivity contribution in [3.05, 3.63) is 65.6 Å². The SMILES string of the molecule is CC1(C)CN(Cc2cccc(-c3ccc(C#N)c(F)c3)c2-c2ccns2)C[C@H]1N. The molecule has 2 aromatic carbocycles. The lowest BCUT2D eigenvalue weighted by atomic mass is 9.89. The number of benzene rings is 2. The van der Waals surface area contributed by atoms with Gasteiger partial charge in [0.1, 0.15) is 11.9 Å². The molecule has 0 unspecified atom stereocenters. The zero-order valence-corrected chi connectivity index (χ0v) is 17.3. The molecule has 1 aliphatic rings. The summed E-state index contributed by atoms with van der Waals surface area (Å²) in [6.07, 6.45) is 1.79. The third kappa shape index (κ3) is 3.82. The van der Waals surface area contributed by atoms with Crippen LogP contribution in [0.2, 0.25) is 0 Å². The van der Waals surface area contributed by atoms with E-state index in [0.29, 0.717) is 0 Å². The molecule has 148 valence electrons. The Kier molecular flexibility index (Phi) is 5.22. The highest BCUT2D eigenvalue weighted by atomic mass is 32.1. The second-order valence-electron chi connectivity index (χ2n) is 8.29. The zero-order chi connectivity index (χ0) is 20.6. The van der Waals surface area contributed by atoms with E-state index in [1.165, 1.54) is 29.2 Å². The minimum absolute atomic E-state index is 0.0533. The molecular formula is C23H23FN4S. The van der Waals surface area contributed by atoms with Gasteiger partial charge in [0.2, 0.25) is 0 Å². The highest BCUT2D eigenvalue weighted by Gasteiger charge is 2.37. The molecular weight excluding hydrogens is 383 g/mol. The van der Waals surface area contributed by atoms with Crippen molar-refractivity contribution in [3.63, 3.8) is 0 Å². The summed E-state index contributed by atoms with van der Waals surface area (Å²) < 4.78 is 18.6. The minimum atomic E-state index is -0.502. The number of nitrogens with zero attached hydrogens (tertiary/aromatic N) is 3. The number of halogens is 1. The lowest BCUT2D eigenvalue weighted by molar-refractivity contribution is 0.282. The van der Waals surface area contributed by atoms with Crippen molar-refractivity contribution in [2.45, 2.75) is 26.4 Å². The fraction of sp³-hybridized carbons (Fsp3) is 0.304. The molecule has 0 spiro atoms. The molecule has 4 rings (SSSR count). The van der Waals surface area contributed by atoms with E-state index in [1.54, 1.807) is 12.3 Å². The molecule has 6 heteroatoms. The molecule has 1 saturated heterocycles. The Morgan fingerprint density at radius 2 is 2.14 bits per heavy atom. The zero-order valence-electron chi connectivity index (χ0n) is 16.5. The maximum atomic E-state index is 14.3. The second kappa shape index (κ2) is 7.68. The molecule has 4 nitrogen and oxygen atoms in total. The predicted octanol–water partition coefficient (Wildman–Crippen LogP) is 4.66. The number of hydrogen-bond acceptors (Lipinski definition) is 5. The van der Waals surface area contributed by atoms with Crippen LogP contribution < -0.4 is 5.73 Å². The molecule has 2 heterocycles. The molecule has 29 heavy (non-hydrogen) atoms. The molecule has 3 aromatic rings. The lowest BCUT2D eigenvalue weighted by Crippen LogP contribution is -2.35. The van der Waals surface area contributed by atoms with Gasteiger partial charge in [0.15, 0.2) is 0 Å². The van der Waals surface area contributed by atoms with Gasteiger partial charge in [-0.3, -0.25) is 4.90 Å². The smallest absolute Gasteiger partial charge is 0.141 e. The number of nitrogens with two attached hydrogens (primary N) is 1. The van der Waals surface area contributed by atoms with E-state index in [-0.39, 0.29) is 17.0 Å². The minimum Gasteiger partial charge on any atom is -0.326 e. The van der Waals surface area contributed by atoms with E-state index in [1.807, 2.05) is 24.3 Å². The van der Waals surface area contributed by atoms with Gasteiger partial charge in [-0.2, -0.15) is 5.26 Å². The third-order valence-corrected chi connectivity index (χ3v) is 6.48. The highest BCUT2D eigenvalue weighted by molar-refractivity contribution is 7.09. The van der Waals surface area contributed by atoms with E-state index in [9.17, 15) is 4.39 Å². The fourth-order valence-corrected chi connectivity index (χ4v) is 4.72. The van der Waals surface area contributed by atoms with E-state index < -0.39 is 5.82 Å². The Morgan fingerprint density at radius 3 is 2.76 bits per heavy atom. The first-order chi connectivity index (χ1) is 13.9. The highest BCUT2D eigenvalue weighted by Crippen LogP contribution is 2.39. The molecule has 1 aliphatic heterocycles. The maximum absolute atomic E-state index is 14.3. The van der Waals surface area contributed by atoms with Crippen molar-refractivity contribution >= 4 is 11.5 Å². The Morgan fingerprint density at radius 1 is 1.31 bits per heavy atom. The van der Waals surface area contributed by atoms with Gasteiger partial charge in [0.05, 0.1) is 10.4 Å². The average molecular weight is 407 g/mol. The molecule has 1 atom stereocenters. The fourth-order valence-electron chi connectivity index (χ4n) is 4.03. The summed E-state index contributed by atoms with van der Waals surface area (Å²) in [6, 6.07) is 14.9. The molecule has 0 aliphatic carbocycles. The summed E-state index contributed by atoms with van der Waals surface area (Å²) in [5, 5.41) is 9.04. The van der Waals surface area contributed by atoms with Gasteiger partial charge in [-0.05, 0) is 51.8 Å². The van der Waals surface area contributed by atoms with Crippen LogP contribution in [0.5, 0.6) is 0 Å². The Hall–Kier alpha value is -2.59. The second-order valence-corrected chi connectivity index (χ2v) is 9.12. The summed E-state index contributed by atoms with van der Waals surface area (Å²) in [5.41, 5.74) is 10.4. The third-order valence-electron chi connectivity index (χ3n) is 5.72. The van der Waals surface area contributed by atoms with Gasteiger partial charge in [0.25, 0.3) is 0 Å². The number of hydrogen-bond donors (Lipinski definition) is 1. The maximum Gasteiger partial charge on any atom is 0.141 e. The van der Waals surface area contributed by atoms with Crippen LogP contribution in [0.3, 0.4) is 0 Å². The van der Waals surface area contributed by atoms with Gasteiger partial charge < -0.3 is 5.73 Å². The van der Waals surface area contributed by atoms with Crippen LogP contribution in [-0.4, -0.2) is 28.4 Å². The van der Waals surface area contributed by atoms with Gasteiger partial charge in [0, 0.05) is 37.4 Å². The van der Waals surface area contributed by atoms with E-state index >= 15 is 0 Å². The predicted molar refractivity (Wildman–Crippen MR) is 115 cm³/mol. The molecule has 0 amide bonds. The van der Waals surface area contributed by atoms with E-state index in [2.05, 4.69) is 29.2 Å². The van der Waals surface area contributed by atoms with Crippen molar-refractivity contribution in [3.8, 4) is 27.6 Å². The van der Waals surface area contributed by atoms with Crippen molar-refractivity contribution < 1.29 is 4.39 Å². The first-order valence-electron chi connectivity index (χ1n) is 9.60. The van der Waals surface area contributed by atoms with Crippen LogP contribution in [0.1, 0.15) is 25.0 Å². The molecule has 1 aromatic heterocycles. The van der Waals surface area contributed by atoms with Gasteiger partial charge in [-0.1, -0.05) is 38.1 Å². The Bertz CT molecular complexity index is 1070. The molecule has 0 radical (unpaired) electrons. The lowest BCUT2D eigenvalue weighted by Gasteiger charge is -2.23. The summed E-state index contributed by atoms with van der Waals surface area (Å²) in [4.78, 5) is 3.43. The van der Waals surface area contributed by atoms with Crippen molar-refractivity contribution in [2.24, 2.45) is 11.1 Å². The van der Waals surface area contributed by atoms with Gasteiger partial charge in [-0.15, -0.1) is 0 Å². The van der Waals surface area contributed by atoms with Crippen LogP contribution in [0.25, 0.3) is 21.6 Å². The Labute approximate surface area is 174 Å². The molecule has 0 saturated carbocycles.